The zero-order chi connectivity index (χ0) is 43.8. The smallest absolute Gasteiger partial charge is 0.182 e. The molecular weight excluding hydrogens is 833 g/mol. The highest BCUT2D eigenvalue weighted by Gasteiger charge is 2.51. The van der Waals surface area contributed by atoms with Crippen molar-refractivity contribution in [2.75, 3.05) is 4.90 Å². The quantitative estimate of drug-likeness (QED) is 0.177. The lowest BCUT2D eigenvalue weighted by Gasteiger charge is -2.45. The van der Waals surface area contributed by atoms with Gasteiger partial charge in [-0.1, -0.05) is 176 Å². The molecule has 1 aliphatic heterocycles. The zero-order valence-electron chi connectivity index (χ0n) is 36.0. The highest BCUT2D eigenvalue weighted by Crippen LogP contribution is 2.64. The number of rotatable bonds is 4. The lowest BCUT2D eigenvalue weighted by atomic mass is 9.64. The van der Waals surface area contributed by atoms with E-state index in [2.05, 4.69) is 223 Å². The first-order valence-electron chi connectivity index (χ1n) is 22.9. The first-order valence-corrected chi connectivity index (χ1v) is 23.7. The van der Waals surface area contributed by atoms with Crippen molar-refractivity contribution in [2.45, 2.75) is 5.41 Å². The second kappa shape index (κ2) is 13.8. The molecule has 0 fully saturated rings. The van der Waals surface area contributed by atoms with Gasteiger partial charge < -0.3 is 4.90 Å². The van der Waals surface area contributed by atoms with Crippen molar-refractivity contribution < 1.29 is 0 Å². The lowest BCUT2D eigenvalue weighted by Crippen LogP contribution is -2.36. The summed E-state index contributed by atoms with van der Waals surface area (Å²) in [4.78, 5) is 8.14. The maximum atomic E-state index is 5.72. The van der Waals surface area contributed by atoms with Gasteiger partial charge >= 0.3 is 0 Å². The van der Waals surface area contributed by atoms with E-state index in [4.69, 9.17) is 15.2 Å². The maximum absolute atomic E-state index is 5.72. The summed E-state index contributed by atoms with van der Waals surface area (Å²) >= 11 is 1.81. The van der Waals surface area contributed by atoms with E-state index >= 15 is 0 Å². The third kappa shape index (κ3) is 4.93. The summed E-state index contributed by atoms with van der Waals surface area (Å²) in [5.41, 5.74) is 19.8. The fourth-order valence-electron chi connectivity index (χ4n) is 11.9. The third-order valence-corrected chi connectivity index (χ3v) is 15.8. The molecule has 12 aromatic rings. The van der Waals surface area contributed by atoms with Crippen LogP contribution in [0.4, 0.5) is 17.1 Å². The molecule has 3 heterocycles. The van der Waals surface area contributed by atoms with Crippen LogP contribution in [-0.2, 0) is 5.41 Å². The zero-order valence-corrected chi connectivity index (χ0v) is 36.8. The van der Waals surface area contributed by atoms with E-state index in [0.717, 1.165) is 50.5 Å². The fourth-order valence-corrected chi connectivity index (χ4v) is 13.1. The molecule has 2 aliphatic carbocycles. The molecule has 5 heteroatoms. The second-order valence-corrected chi connectivity index (χ2v) is 18.9. The Labute approximate surface area is 390 Å². The van der Waals surface area contributed by atoms with Gasteiger partial charge in [0, 0.05) is 42.6 Å². The molecule has 67 heavy (non-hydrogen) atoms. The molecule has 0 saturated carbocycles. The van der Waals surface area contributed by atoms with Crippen molar-refractivity contribution in [2.24, 2.45) is 0 Å². The average Bonchev–Trinajstić information content (AvgIpc) is 4.04. The molecule has 4 nitrogen and oxygen atoms in total. The first-order chi connectivity index (χ1) is 33.3. The number of para-hydroxylation sites is 2. The molecular formula is C62H36N4S. The highest BCUT2D eigenvalue weighted by atomic mass is 32.1. The van der Waals surface area contributed by atoms with Crippen LogP contribution in [0.15, 0.2) is 218 Å². The van der Waals surface area contributed by atoms with Crippen molar-refractivity contribution in [3.05, 3.63) is 241 Å². The van der Waals surface area contributed by atoms with E-state index in [9.17, 15) is 0 Å². The largest absolute Gasteiger partial charge is 0.310 e. The Hall–Kier alpha value is -8.51. The summed E-state index contributed by atoms with van der Waals surface area (Å²) < 4.78 is 2.43. The van der Waals surface area contributed by atoms with Crippen LogP contribution >= 0.6 is 11.3 Å². The molecule has 310 valence electrons. The van der Waals surface area contributed by atoms with Gasteiger partial charge in [0.15, 0.2) is 5.82 Å². The van der Waals surface area contributed by atoms with Crippen LogP contribution in [0.5, 0.6) is 0 Å². The molecule has 0 saturated heterocycles. The molecule has 1 spiro atoms. The monoisotopic (exact) mass is 868 g/mol. The molecule has 0 unspecified atom stereocenters. The summed E-state index contributed by atoms with van der Waals surface area (Å²) in [6.07, 6.45) is 0. The van der Waals surface area contributed by atoms with Crippen LogP contribution in [0.3, 0.4) is 0 Å². The van der Waals surface area contributed by atoms with Crippen molar-refractivity contribution in [1.82, 2.24) is 15.2 Å². The predicted octanol–water partition coefficient (Wildman–Crippen LogP) is 16.2. The van der Waals surface area contributed by atoms with Gasteiger partial charge in [0.2, 0.25) is 0 Å². The molecule has 0 amide bonds. The normalized spacial score (nSPS) is 13.5. The number of thiophene rings is 1. The van der Waals surface area contributed by atoms with Crippen molar-refractivity contribution in [1.29, 1.82) is 0 Å². The average molecular weight is 869 g/mol. The van der Waals surface area contributed by atoms with Gasteiger partial charge in [-0.05, 0) is 109 Å². The molecule has 0 atom stereocenters. The Morgan fingerprint density at radius 1 is 0.373 bits per heavy atom. The number of hydrogen-bond acceptors (Lipinski definition) is 5. The van der Waals surface area contributed by atoms with Gasteiger partial charge in [0.05, 0.1) is 16.8 Å². The minimum absolute atomic E-state index is 0.580. The summed E-state index contributed by atoms with van der Waals surface area (Å²) in [5, 5.41) is 15.3. The Kier molecular flexibility index (Phi) is 7.55. The summed E-state index contributed by atoms with van der Waals surface area (Å²) in [7, 11) is 0. The van der Waals surface area contributed by atoms with Crippen LogP contribution < -0.4 is 4.90 Å². The molecule has 0 N–H and O–H groups in total. The number of nitrogens with zero attached hydrogens (tertiary/aromatic N) is 4. The van der Waals surface area contributed by atoms with Gasteiger partial charge in [-0.25, -0.2) is 4.98 Å². The van der Waals surface area contributed by atoms with Gasteiger partial charge in [0.25, 0.3) is 0 Å². The summed E-state index contributed by atoms with van der Waals surface area (Å²) in [6, 6.07) is 79.7. The fraction of sp³-hybridized carbons (Fsp3) is 0.0161. The second-order valence-electron chi connectivity index (χ2n) is 17.8. The third-order valence-electron chi connectivity index (χ3n) is 14.6. The SMILES string of the molecule is c1ccc(N2c3ccccc3C3(c4ccccc4-c4ccccc43)c3cc(-c4nnc(-c5cccc6c5sc5ccccc56)c(-c5ccc6c7c(cccc57)-c5ccccc5-6)n4)ccc32)cc1. The van der Waals surface area contributed by atoms with Crippen molar-refractivity contribution in [3.63, 3.8) is 0 Å². The van der Waals surface area contributed by atoms with Crippen LogP contribution in [0.2, 0.25) is 0 Å². The van der Waals surface area contributed by atoms with Gasteiger partial charge in [-0.15, -0.1) is 21.5 Å². The van der Waals surface area contributed by atoms with E-state index in [0.29, 0.717) is 5.82 Å². The number of hydrogen-bond donors (Lipinski definition) is 0. The summed E-state index contributed by atoms with van der Waals surface area (Å²) in [5.74, 6) is 0.580. The minimum atomic E-state index is -0.611. The number of aromatic nitrogens is 3. The maximum Gasteiger partial charge on any atom is 0.182 e. The van der Waals surface area contributed by atoms with Crippen LogP contribution in [0.25, 0.3) is 98.2 Å². The van der Waals surface area contributed by atoms with Gasteiger partial charge in [0.1, 0.15) is 11.4 Å². The molecule has 3 aliphatic rings. The van der Waals surface area contributed by atoms with E-state index < -0.39 is 5.41 Å². The molecule has 0 radical (unpaired) electrons. The van der Waals surface area contributed by atoms with E-state index in [1.165, 1.54) is 81.2 Å². The minimum Gasteiger partial charge on any atom is -0.310 e. The predicted molar refractivity (Wildman–Crippen MR) is 277 cm³/mol. The van der Waals surface area contributed by atoms with Crippen LogP contribution in [0, 0.1) is 0 Å². The Balaban J connectivity index is 1.01. The van der Waals surface area contributed by atoms with Crippen molar-refractivity contribution in [3.8, 4) is 67.3 Å². The van der Waals surface area contributed by atoms with E-state index in [1.807, 2.05) is 0 Å². The molecule has 15 rings (SSSR count). The number of benzene rings is 10. The van der Waals surface area contributed by atoms with Crippen molar-refractivity contribution >= 4 is 59.3 Å². The van der Waals surface area contributed by atoms with Crippen LogP contribution in [0.1, 0.15) is 22.3 Å². The first kappa shape index (κ1) is 36.8. The molecule has 2 aromatic heterocycles. The number of fused-ring (bicyclic) bond motifs is 15. The Bertz CT molecular complexity index is 4000. The topological polar surface area (TPSA) is 41.9 Å². The van der Waals surface area contributed by atoms with E-state index in [1.54, 1.807) is 11.3 Å². The molecule has 0 bridgehead atoms. The highest BCUT2D eigenvalue weighted by molar-refractivity contribution is 7.26. The number of anilines is 3. The van der Waals surface area contributed by atoms with Gasteiger partial charge in [-0.2, -0.15) is 0 Å². The summed E-state index contributed by atoms with van der Waals surface area (Å²) in [6.45, 7) is 0. The van der Waals surface area contributed by atoms with Crippen LogP contribution in [-0.4, -0.2) is 15.2 Å². The Morgan fingerprint density at radius 2 is 0.955 bits per heavy atom. The molecule has 10 aromatic carbocycles. The van der Waals surface area contributed by atoms with E-state index in [-0.39, 0.29) is 0 Å². The Morgan fingerprint density at radius 3 is 1.75 bits per heavy atom. The van der Waals surface area contributed by atoms with Gasteiger partial charge in [-0.3, -0.25) is 0 Å². The lowest BCUT2D eigenvalue weighted by molar-refractivity contribution is 0.752. The standard InChI is InChI=1S/C62H36N4S/c1-2-16-38(17-3-1)66-54-30-12-11-29-52(54)62(50-27-9-6-20-41(50)42-21-7-10-28-51(42)62)53-36-37(32-35-55(53)66)61-63-58(47-34-33-46-40-19-5-4-18-39(40)44-23-14-24-45(47)57(44)46)59(64-65-61)49-26-15-25-48-43-22-8-13-31-56(43)67-60(48)49/h1-36H.